The first kappa shape index (κ1) is 20.8. The van der Waals surface area contributed by atoms with Gasteiger partial charge in [0.25, 0.3) is 5.91 Å². The Morgan fingerprint density at radius 3 is 2.39 bits per heavy atom. The summed E-state index contributed by atoms with van der Waals surface area (Å²) in [5.41, 5.74) is 4.59. The Kier molecular flexibility index (Phi) is 5.59. The number of halogens is 2. The van der Waals surface area contributed by atoms with Crippen molar-refractivity contribution in [3.63, 3.8) is 0 Å². The summed E-state index contributed by atoms with van der Waals surface area (Å²) in [6.45, 7) is 0.338. The SMILES string of the molecule is O=C(NCc1ccc(Cl)cc1)c1cc(-c2ccccc2)nc2n[nH]c(-c3ccc(F)cc3)c12. The number of hydrogen-bond acceptors (Lipinski definition) is 3. The first-order valence-electron chi connectivity index (χ1n) is 10.3. The van der Waals surface area contributed by atoms with Crippen LogP contribution >= 0.6 is 11.6 Å². The van der Waals surface area contributed by atoms with Crippen LogP contribution in [-0.2, 0) is 6.54 Å². The number of aromatic amines is 1. The number of carbonyl (C=O) groups excluding carboxylic acids is 1. The van der Waals surface area contributed by atoms with Gasteiger partial charge in [0, 0.05) is 22.7 Å². The van der Waals surface area contributed by atoms with Gasteiger partial charge in [-0.05, 0) is 48.0 Å². The van der Waals surface area contributed by atoms with Crippen molar-refractivity contribution in [1.82, 2.24) is 20.5 Å². The van der Waals surface area contributed by atoms with Crippen LogP contribution in [0.25, 0.3) is 33.5 Å². The fourth-order valence-electron chi connectivity index (χ4n) is 3.66. The Morgan fingerprint density at radius 1 is 0.939 bits per heavy atom. The van der Waals surface area contributed by atoms with Crippen LogP contribution in [0.4, 0.5) is 4.39 Å². The maximum Gasteiger partial charge on any atom is 0.252 e. The van der Waals surface area contributed by atoms with Crippen molar-refractivity contribution in [2.24, 2.45) is 0 Å². The molecule has 5 aromatic rings. The van der Waals surface area contributed by atoms with Crippen LogP contribution in [0.1, 0.15) is 15.9 Å². The number of amides is 1. The van der Waals surface area contributed by atoms with Crippen LogP contribution in [-0.4, -0.2) is 21.1 Å². The number of pyridine rings is 1. The number of aromatic nitrogens is 3. The van der Waals surface area contributed by atoms with Crippen molar-refractivity contribution in [1.29, 1.82) is 0 Å². The lowest BCUT2D eigenvalue weighted by atomic mass is 10.0. The number of benzene rings is 3. The Labute approximate surface area is 194 Å². The van der Waals surface area contributed by atoms with Crippen LogP contribution < -0.4 is 5.32 Å². The van der Waals surface area contributed by atoms with Gasteiger partial charge in [0.05, 0.1) is 22.3 Å². The Balaban J connectivity index is 1.59. The molecule has 5 rings (SSSR count). The molecule has 0 fully saturated rings. The highest BCUT2D eigenvalue weighted by Crippen LogP contribution is 2.31. The summed E-state index contributed by atoms with van der Waals surface area (Å²) in [5, 5.41) is 11.5. The zero-order valence-electron chi connectivity index (χ0n) is 17.3. The van der Waals surface area contributed by atoms with Crippen molar-refractivity contribution in [3.8, 4) is 22.5 Å². The molecule has 0 saturated carbocycles. The minimum absolute atomic E-state index is 0.265. The Hall–Kier alpha value is -4.03. The van der Waals surface area contributed by atoms with Gasteiger partial charge in [-0.3, -0.25) is 9.89 Å². The molecule has 0 aliphatic heterocycles. The van der Waals surface area contributed by atoms with Crippen molar-refractivity contribution >= 4 is 28.5 Å². The molecule has 0 unspecified atom stereocenters. The number of fused-ring (bicyclic) bond motifs is 1. The molecule has 33 heavy (non-hydrogen) atoms. The van der Waals surface area contributed by atoms with Crippen molar-refractivity contribution < 1.29 is 9.18 Å². The van der Waals surface area contributed by atoms with E-state index in [1.807, 2.05) is 42.5 Å². The van der Waals surface area contributed by atoms with Gasteiger partial charge in [-0.1, -0.05) is 54.1 Å². The third-order valence-corrected chi connectivity index (χ3v) is 5.59. The second kappa shape index (κ2) is 8.84. The molecular weight excluding hydrogens is 439 g/mol. The number of hydrogen-bond donors (Lipinski definition) is 2. The predicted octanol–water partition coefficient (Wildman–Crippen LogP) is 6.01. The molecule has 0 aliphatic rings. The molecule has 3 aromatic carbocycles. The molecule has 5 nitrogen and oxygen atoms in total. The molecule has 2 heterocycles. The van der Waals surface area contributed by atoms with E-state index in [1.54, 1.807) is 30.3 Å². The number of nitrogens with one attached hydrogen (secondary N) is 2. The van der Waals surface area contributed by atoms with E-state index in [2.05, 4.69) is 20.5 Å². The molecular formula is C26H18ClFN4O. The summed E-state index contributed by atoms with van der Waals surface area (Å²) in [6, 6.07) is 24.7. The quantitative estimate of drug-likeness (QED) is 0.340. The molecule has 1 amide bonds. The second-order valence-corrected chi connectivity index (χ2v) is 7.97. The summed E-state index contributed by atoms with van der Waals surface area (Å²) in [4.78, 5) is 18.0. The smallest absolute Gasteiger partial charge is 0.252 e. The molecule has 7 heteroatoms. The van der Waals surface area contributed by atoms with Gasteiger partial charge < -0.3 is 5.32 Å². The highest BCUT2D eigenvalue weighted by Gasteiger charge is 2.20. The van der Waals surface area contributed by atoms with Crippen LogP contribution in [0.3, 0.4) is 0 Å². The zero-order chi connectivity index (χ0) is 22.8. The van der Waals surface area contributed by atoms with E-state index in [-0.39, 0.29) is 11.7 Å². The van der Waals surface area contributed by atoms with Gasteiger partial charge in [0.15, 0.2) is 5.65 Å². The van der Waals surface area contributed by atoms with E-state index in [1.165, 1.54) is 12.1 Å². The Morgan fingerprint density at radius 2 is 1.67 bits per heavy atom. The maximum atomic E-state index is 13.5. The Bertz CT molecular complexity index is 1430. The number of nitrogens with zero attached hydrogens (tertiary/aromatic N) is 2. The minimum atomic E-state index is -0.340. The van der Waals surface area contributed by atoms with E-state index < -0.39 is 0 Å². The standard InChI is InChI=1S/C26H18ClFN4O/c27-19-10-6-16(7-11-19)15-29-26(33)21-14-22(17-4-2-1-3-5-17)30-25-23(21)24(31-32-25)18-8-12-20(28)13-9-18/h1-14H,15H2,(H,29,33)(H,30,31,32). The van der Waals surface area contributed by atoms with Crippen LogP contribution in [0.15, 0.2) is 84.9 Å². The fraction of sp³-hybridized carbons (Fsp3) is 0.0385. The van der Waals surface area contributed by atoms with Crippen molar-refractivity contribution in [2.45, 2.75) is 6.54 Å². The van der Waals surface area contributed by atoms with Crippen LogP contribution in [0, 0.1) is 5.82 Å². The summed E-state index contributed by atoms with van der Waals surface area (Å²) >= 11 is 5.96. The first-order chi connectivity index (χ1) is 16.1. The number of H-pyrrole nitrogens is 1. The van der Waals surface area contributed by atoms with Gasteiger partial charge in [0.1, 0.15) is 5.82 Å². The second-order valence-electron chi connectivity index (χ2n) is 7.53. The fourth-order valence-corrected chi connectivity index (χ4v) is 3.79. The van der Waals surface area contributed by atoms with Gasteiger partial charge in [0.2, 0.25) is 0 Å². The van der Waals surface area contributed by atoms with Gasteiger partial charge in [-0.2, -0.15) is 5.10 Å². The van der Waals surface area contributed by atoms with Crippen LogP contribution in [0.2, 0.25) is 5.02 Å². The van der Waals surface area contributed by atoms with E-state index >= 15 is 0 Å². The predicted molar refractivity (Wildman–Crippen MR) is 127 cm³/mol. The number of carbonyl (C=O) groups is 1. The lowest BCUT2D eigenvalue weighted by molar-refractivity contribution is 0.0952. The molecule has 0 radical (unpaired) electrons. The largest absolute Gasteiger partial charge is 0.348 e. The monoisotopic (exact) mass is 456 g/mol. The van der Waals surface area contributed by atoms with Crippen molar-refractivity contribution in [3.05, 3.63) is 107 Å². The first-order valence-corrected chi connectivity index (χ1v) is 10.7. The molecule has 0 saturated heterocycles. The molecule has 0 bridgehead atoms. The van der Waals surface area contributed by atoms with Crippen LogP contribution in [0.5, 0.6) is 0 Å². The molecule has 162 valence electrons. The summed E-state index contributed by atoms with van der Waals surface area (Å²) in [5.74, 6) is -0.604. The zero-order valence-corrected chi connectivity index (χ0v) is 18.1. The molecule has 0 spiro atoms. The maximum absolute atomic E-state index is 13.5. The molecule has 0 atom stereocenters. The summed E-state index contributed by atoms with van der Waals surface area (Å²) in [6.07, 6.45) is 0. The normalized spacial score (nSPS) is 11.0. The third-order valence-electron chi connectivity index (χ3n) is 5.34. The van der Waals surface area contributed by atoms with E-state index in [9.17, 15) is 9.18 Å². The highest BCUT2D eigenvalue weighted by molar-refractivity contribution is 6.30. The molecule has 2 N–H and O–H groups in total. The summed E-state index contributed by atoms with van der Waals surface area (Å²) < 4.78 is 13.5. The third kappa shape index (κ3) is 4.33. The highest BCUT2D eigenvalue weighted by atomic mass is 35.5. The van der Waals surface area contributed by atoms with Gasteiger partial charge >= 0.3 is 0 Å². The molecule has 2 aromatic heterocycles. The minimum Gasteiger partial charge on any atom is -0.348 e. The van der Waals surface area contributed by atoms with Gasteiger partial charge in [-0.15, -0.1) is 0 Å². The van der Waals surface area contributed by atoms with E-state index in [0.29, 0.717) is 45.1 Å². The van der Waals surface area contributed by atoms with E-state index in [4.69, 9.17) is 11.6 Å². The molecule has 0 aliphatic carbocycles. The summed E-state index contributed by atoms with van der Waals surface area (Å²) in [7, 11) is 0. The van der Waals surface area contributed by atoms with Gasteiger partial charge in [-0.25, -0.2) is 9.37 Å². The average Bonchev–Trinajstić information content (AvgIpc) is 3.28. The topological polar surface area (TPSA) is 70.7 Å². The number of rotatable bonds is 5. The average molecular weight is 457 g/mol. The lowest BCUT2D eigenvalue weighted by Crippen LogP contribution is -2.23. The van der Waals surface area contributed by atoms with E-state index in [0.717, 1.165) is 11.1 Å². The lowest BCUT2D eigenvalue weighted by Gasteiger charge is -2.10. The van der Waals surface area contributed by atoms with Crippen molar-refractivity contribution in [2.75, 3.05) is 0 Å².